The molecule has 0 spiro atoms. The fourth-order valence-electron chi connectivity index (χ4n) is 2.56. The zero-order valence-corrected chi connectivity index (χ0v) is 13.9. The molecule has 0 bridgehead atoms. The van der Waals surface area contributed by atoms with E-state index >= 15 is 0 Å². The standard InChI is InChI=1S/C19H18FN3O2/c1-23-12-11-21-18(23)17(13-3-7-15(20)8-4-13)22-19(24)14-5-9-16(25-2)10-6-14/h3-12,17H,1-2H3,(H,22,24). The Balaban J connectivity index is 1.90. The summed E-state index contributed by atoms with van der Waals surface area (Å²) in [5, 5.41) is 2.96. The number of hydrogen-bond acceptors (Lipinski definition) is 3. The van der Waals surface area contributed by atoms with Gasteiger partial charge >= 0.3 is 0 Å². The number of carbonyl (C=O) groups is 1. The fourth-order valence-corrected chi connectivity index (χ4v) is 2.56. The van der Waals surface area contributed by atoms with E-state index in [-0.39, 0.29) is 11.7 Å². The number of rotatable bonds is 5. The number of ether oxygens (including phenoxy) is 1. The van der Waals surface area contributed by atoms with Crippen molar-refractivity contribution in [3.05, 3.63) is 83.7 Å². The summed E-state index contributed by atoms with van der Waals surface area (Å²) >= 11 is 0. The molecule has 3 rings (SSSR count). The van der Waals surface area contributed by atoms with E-state index in [0.717, 1.165) is 5.56 Å². The molecular formula is C19H18FN3O2. The van der Waals surface area contributed by atoms with Gasteiger partial charge in [0.25, 0.3) is 5.91 Å². The third-order valence-corrected chi connectivity index (χ3v) is 3.95. The molecule has 1 atom stereocenters. The third-order valence-electron chi connectivity index (χ3n) is 3.95. The third kappa shape index (κ3) is 3.68. The Morgan fingerprint density at radius 3 is 2.40 bits per heavy atom. The van der Waals surface area contributed by atoms with Gasteiger partial charge in [-0.25, -0.2) is 9.37 Å². The zero-order chi connectivity index (χ0) is 17.8. The van der Waals surface area contributed by atoms with Crippen LogP contribution >= 0.6 is 0 Å². The van der Waals surface area contributed by atoms with E-state index in [0.29, 0.717) is 17.1 Å². The maximum Gasteiger partial charge on any atom is 0.252 e. The van der Waals surface area contributed by atoms with E-state index < -0.39 is 6.04 Å². The lowest BCUT2D eigenvalue weighted by atomic mass is 10.1. The first-order valence-corrected chi connectivity index (χ1v) is 7.76. The fraction of sp³-hybridized carbons (Fsp3) is 0.158. The molecule has 6 heteroatoms. The molecule has 1 unspecified atom stereocenters. The van der Waals surface area contributed by atoms with Crippen LogP contribution in [0.15, 0.2) is 60.9 Å². The average molecular weight is 339 g/mol. The number of nitrogens with zero attached hydrogens (tertiary/aromatic N) is 2. The molecular weight excluding hydrogens is 321 g/mol. The number of amides is 1. The summed E-state index contributed by atoms with van der Waals surface area (Å²) in [5.41, 5.74) is 1.25. The number of hydrogen-bond donors (Lipinski definition) is 1. The second kappa shape index (κ2) is 7.17. The van der Waals surface area contributed by atoms with Crippen LogP contribution in [-0.4, -0.2) is 22.6 Å². The monoisotopic (exact) mass is 339 g/mol. The van der Waals surface area contributed by atoms with Crippen LogP contribution in [0.3, 0.4) is 0 Å². The predicted octanol–water partition coefficient (Wildman–Crippen LogP) is 3.09. The molecule has 2 aromatic carbocycles. The first-order valence-electron chi connectivity index (χ1n) is 7.76. The van der Waals surface area contributed by atoms with Crippen LogP contribution in [0.25, 0.3) is 0 Å². The maximum absolute atomic E-state index is 13.3. The second-order valence-corrected chi connectivity index (χ2v) is 5.58. The van der Waals surface area contributed by atoms with Crippen molar-refractivity contribution >= 4 is 5.91 Å². The molecule has 1 amide bonds. The first kappa shape index (κ1) is 16.7. The lowest BCUT2D eigenvalue weighted by Gasteiger charge is -2.19. The molecule has 0 saturated carbocycles. The highest BCUT2D eigenvalue weighted by Gasteiger charge is 2.21. The van der Waals surface area contributed by atoms with Gasteiger partial charge in [0.15, 0.2) is 0 Å². The summed E-state index contributed by atoms with van der Waals surface area (Å²) in [6, 6.07) is 12.4. The van der Waals surface area contributed by atoms with Gasteiger partial charge in [0, 0.05) is 25.0 Å². The molecule has 1 aromatic heterocycles. The second-order valence-electron chi connectivity index (χ2n) is 5.58. The summed E-state index contributed by atoms with van der Waals surface area (Å²) in [7, 11) is 3.42. The Morgan fingerprint density at radius 1 is 1.16 bits per heavy atom. The van der Waals surface area contributed by atoms with Gasteiger partial charge in [-0.2, -0.15) is 0 Å². The van der Waals surface area contributed by atoms with Gasteiger partial charge in [0.2, 0.25) is 0 Å². The molecule has 0 aliphatic heterocycles. The van der Waals surface area contributed by atoms with Gasteiger partial charge in [-0.05, 0) is 42.0 Å². The van der Waals surface area contributed by atoms with Crippen molar-refractivity contribution in [2.24, 2.45) is 7.05 Å². The molecule has 25 heavy (non-hydrogen) atoms. The van der Waals surface area contributed by atoms with Crippen LogP contribution in [-0.2, 0) is 7.05 Å². The van der Waals surface area contributed by atoms with Crippen LogP contribution in [0.5, 0.6) is 5.75 Å². The van der Waals surface area contributed by atoms with Crippen molar-refractivity contribution in [1.29, 1.82) is 0 Å². The van der Waals surface area contributed by atoms with Gasteiger partial charge in [-0.15, -0.1) is 0 Å². The highest BCUT2D eigenvalue weighted by Crippen LogP contribution is 2.22. The van der Waals surface area contributed by atoms with Crippen molar-refractivity contribution in [1.82, 2.24) is 14.9 Å². The van der Waals surface area contributed by atoms with Crippen LogP contribution in [0.1, 0.15) is 27.8 Å². The molecule has 0 aliphatic carbocycles. The summed E-state index contributed by atoms with van der Waals surface area (Å²) in [6.45, 7) is 0. The summed E-state index contributed by atoms with van der Waals surface area (Å²) in [4.78, 5) is 17.0. The topological polar surface area (TPSA) is 56.1 Å². The van der Waals surface area contributed by atoms with Crippen molar-refractivity contribution in [3.8, 4) is 5.75 Å². The van der Waals surface area contributed by atoms with E-state index in [1.54, 1.807) is 55.9 Å². The molecule has 1 heterocycles. The minimum atomic E-state index is -0.491. The van der Waals surface area contributed by atoms with Crippen LogP contribution in [0.2, 0.25) is 0 Å². The Morgan fingerprint density at radius 2 is 1.84 bits per heavy atom. The molecule has 0 radical (unpaired) electrons. The zero-order valence-electron chi connectivity index (χ0n) is 13.9. The van der Waals surface area contributed by atoms with Crippen molar-refractivity contribution in [3.63, 3.8) is 0 Å². The highest BCUT2D eigenvalue weighted by atomic mass is 19.1. The largest absolute Gasteiger partial charge is 0.497 e. The number of halogens is 1. The van der Waals surface area contributed by atoms with E-state index in [1.807, 2.05) is 11.6 Å². The number of benzene rings is 2. The van der Waals surface area contributed by atoms with Crippen LogP contribution in [0, 0.1) is 5.82 Å². The molecule has 0 aliphatic rings. The van der Waals surface area contributed by atoms with Crippen molar-refractivity contribution < 1.29 is 13.9 Å². The SMILES string of the molecule is COc1ccc(C(=O)NC(c2ccc(F)cc2)c2nccn2C)cc1. The lowest BCUT2D eigenvalue weighted by molar-refractivity contribution is 0.0941. The number of methoxy groups -OCH3 is 1. The molecule has 128 valence electrons. The van der Waals surface area contributed by atoms with E-state index in [4.69, 9.17) is 4.74 Å². The minimum Gasteiger partial charge on any atom is -0.497 e. The maximum atomic E-state index is 13.3. The normalized spacial score (nSPS) is 11.8. The van der Waals surface area contributed by atoms with E-state index in [2.05, 4.69) is 10.3 Å². The van der Waals surface area contributed by atoms with Crippen molar-refractivity contribution in [2.75, 3.05) is 7.11 Å². The number of aryl methyl sites for hydroxylation is 1. The van der Waals surface area contributed by atoms with Gasteiger partial charge in [-0.3, -0.25) is 4.79 Å². The molecule has 5 nitrogen and oxygen atoms in total. The first-order chi connectivity index (χ1) is 12.1. The summed E-state index contributed by atoms with van der Waals surface area (Å²) in [6.07, 6.45) is 3.46. The number of nitrogens with one attached hydrogen (secondary N) is 1. The number of aromatic nitrogens is 2. The Kier molecular flexibility index (Phi) is 4.79. The molecule has 1 N–H and O–H groups in total. The minimum absolute atomic E-state index is 0.250. The molecule has 0 saturated heterocycles. The summed E-state index contributed by atoms with van der Waals surface area (Å²) in [5.74, 6) is 0.757. The Hall–Kier alpha value is -3.15. The van der Waals surface area contributed by atoms with Crippen LogP contribution in [0.4, 0.5) is 4.39 Å². The Labute approximate surface area is 145 Å². The van der Waals surface area contributed by atoms with Gasteiger partial charge in [-0.1, -0.05) is 12.1 Å². The molecule has 0 fully saturated rings. The number of imidazole rings is 1. The predicted molar refractivity (Wildman–Crippen MR) is 91.9 cm³/mol. The highest BCUT2D eigenvalue weighted by molar-refractivity contribution is 5.94. The smallest absolute Gasteiger partial charge is 0.252 e. The quantitative estimate of drug-likeness (QED) is 0.777. The van der Waals surface area contributed by atoms with Gasteiger partial charge in [0.1, 0.15) is 23.4 Å². The van der Waals surface area contributed by atoms with Gasteiger partial charge < -0.3 is 14.6 Å². The van der Waals surface area contributed by atoms with Crippen LogP contribution < -0.4 is 10.1 Å². The van der Waals surface area contributed by atoms with E-state index in [9.17, 15) is 9.18 Å². The molecule has 3 aromatic rings. The lowest BCUT2D eigenvalue weighted by Crippen LogP contribution is -2.31. The van der Waals surface area contributed by atoms with E-state index in [1.165, 1.54) is 12.1 Å². The van der Waals surface area contributed by atoms with Crippen molar-refractivity contribution in [2.45, 2.75) is 6.04 Å². The Bertz CT molecular complexity index is 857. The van der Waals surface area contributed by atoms with Gasteiger partial charge in [0.05, 0.1) is 7.11 Å². The average Bonchev–Trinajstić information content (AvgIpc) is 3.06. The summed E-state index contributed by atoms with van der Waals surface area (Å²) < 4.78 is 20.2. The number of carbonyl (C=O) groups excluding carboxylic acids is 1.